The first-order valence-corrected chi connectivity index (χ1v) is 9.52. The standard InChI is InChI=1S/C19H17N3O4S/c1-13(23)20-16-7-4-8-18(12-16)27(25,26)22-19(24)21-17-10-9-14-5-2-3-6-15(14)11-17/h2-12H,1H3,(H,20,23)(H2,21,22,24). The zero-order chi connectivity index (χ0) is 19.4. The Kier molecular flexibility index (Phi) is 5.09. The summed E-state index contributed by atoms with van der Waals surface area (Å²) in [6.45, 7) is 1.32. The van der Waals surface area contributed by atoms with Gasteiger partial charge in [-0.05, 0) is 41.1 Å². The van der Waals surface area contributed by atoms with Crippen LogP contribution in [0.25, 0.3) is 10.8 Å². The van der Waals surface area contributed by atoms with Crippen LogP contribution in [-0.4, -0.2) is 20.4 Å². The fraction of sp³-hybridized carbons (Fsp3) is 0.0526. The normalized spacial score (nSPS) is 11.0. The van der Waals surface area contributed by atoms with E-state index >= 15 is 0 Å². The number of nitrogens with one attached hydrogen (secondary N) is 3. The second kappa shape index (κ2) is 7.46. The molecule has 0 bridgehead atoms. The van der Waals surface area contributed by atoms with E-state index in [1.54, 1.807) is 18.2 Å². The van der Waals surface area contributed by atoms with Crippen LogP contribution in [0.5, 0.6) is 0 Å². The summed E-state index contributed by atoms with van der Waals surface area (Å²) in [5.41, 5.74) is 0.786. The Labute approximate surface area is 156 Å². The van der Waals surface area contributed by atoms with Crippen molar-refractivity contribution in [3.8, 4) is 0 Å². The fourth-order valence-corrected chi connectivity index (χ4v) is 3.50. The number of carbonyl (C=O) groups is 2. The third-order valence-electron chi connectivity index (χ3n) is 3.70. The van der Waals surface area contributed by atoms with Gasteiger partial charge in [-0.2, -0.15) is 0 Å². The van der Waals surface area contributed by atoms with E-state index in [-0.39, 0.29) is 10.8 Å². The summed E-state index contributed by atoms with van der Waals surface area (Å²) in [5.74, 6) is -0.327. The number of hydrogen-bond donors (Lipinski definition) is 3. The van der Waals surface area contributed by atoms with E-state index in [4.69, 9.17) is 0 Å². The maximum Gasteiger partial charge on any atom is 0.333 e. The van der Waals surface area contributed by atoms with E-state index in [1.807, 2.05) is 35.1 Å². The summed E-state index contributed by atoms with van der Waals surface area (Å²) >= 11 is 0. The minimum absolute atomic E-state index is 0.137. The lowest BCUT2D eigenvalue weighted by Gasteiger charge is -2.10. The molecule has 0 aliphatic heterocycles. The van der Waals surface area contributed by atoms with Gasteiger partial charge in [0.1, 0.15) is 0 Å². The van der Waals surface area contributed by atoms with Crippen molar-refractivity contribution in [2.24, 2.45) is 0 Å². The van der Waals surface area contributed by atoms with Crippen molar-refractivity contribution < 1.29 is 18.0 Å². The quantitative estimate of drug-likeness (QED) is 0.643. The van der Waals surface area contributed by atoms with E-state index in [0.29, 0.717) is 11.4 Å². The maximum atomic E-state index is 12.4. The summed E-state index contributed by atoms with van der Waals surface area (Å²) in [6.07, 6.45) is 0. The van der Waals surface area contributed by atoms with Gasteiger partial charge in [-0.1, -0.05) is 36.4 Å². The first-order valence-electron chi connectivity index (χ1n) is 8.04. The number of hydrogen-bond acceptors (Lipinski definition) is 4. The fourth-order valence-electron chi connectivity index (χ4n) is 2.55. The van der Waals surface area contributed by atoms with Crippen molar-refractivity contribution in [2.75, 3.05) is 10.6 Å². The Bertz CT molecular complexity index is 1130. The molecular formula is C19H17N3O4S. The Morgan fingerprint density at radius 3 is 2.22 bits per heavy atom. The first-order chi connectivity index (χ1) is 12.8. The van der Waals surface area contributed by atoms with E-state index in [1.165, 1.54) is 25.1 Å². The molecule has 0 aliphatic carbocycles. The highest BCUT2D eigenvalue weighted by atomic mass is 32.2. The molecule has 0 atom stereocenters. The number of anilines is 2. The molecule has 3 rings (SSSR count). The molecule has 3 amide bonds. The second-order valence-corrected chi connectivity index (χ2v) is 7.51. The van der Waals surface area contributed by atoms with Gasteiger partial charge in [-0.3, -0.25) is 4.79 Å². The summed E-state index contributed by atoms with van der Waals surface area (Å²) in [7, 11) is -4.09. The minimum atomic E-state index is -4.09. The molecule has 0 aliphatic rings. The third-order valence-corrected chi connectivity index (χ3v) is 5.03. The van der Waals surface area contributed by atoms with Crippen LogP contribution in [0.2, 0.25) is 0 Å². The monoisotopic (exact) mass is 383 g/mol. The van der Waals surface area contributed by atoms with E-state index in [9.17, 15) is 18.0 Å². The molecule has 0 unspecified atom stereocenters. The maximum absolute atomic E-state index is 12.4. The number of amides is 3. The molecular weight excluding hydrogens is 366 g/mol. The number of fused-ring (bicyclic) bond motifs is 1. The number of carbonyl (C=O) groups excluding carboxylic acids is 2. The third kappa shape index (κ3) is 4.62. The van der Waals surface area contributed by atoms with E-state index < -0.39 is 16.1 Å². The lowest BCUT2D eigenvalue weighted by molar-refractivity contribution is -0.114. The van der Waals surface area contributed by atoms with Gasteiger partial charge in [0.05, 0.1) is 4.90 Å². The zero-order valence-corrected chi connectivity index (χ0v) is 15.2. The van der Waals surface area contributed by atoms with Crippen LogP contribution in [0, 0.1) is 0 Å². The Morgan fingerprint density at radius 2 is 1.48 bits per heavy atom. The number of rotatable bonds is 4. The van der Waals surface area contributed by atoms with Crippen molar-refractivity contribution >= 4 is 44.1 Å². The smallest absolute Gasteiger partial charge is 0.326 e. The Balaban J connectivity index is 1.74. The van der Waals surface area contributed by atoms with Crippen molar-refractivity contribution in [1.29, 1.82) is 0 Å². The summed E-state index contributed by atoms with van der Waals surface area (Å²) in [6, 6.07) is 17.6. The van der Waals surface area contributed by atoms with Gasteiger partial charge in [-0.15, -0.1) is 0 Å². The van der Waals surface area contributed by atoms with Crippen LogP contribution in [-0.2, 0) is 14.8 Å². The molecule has 0 saturated heterocycles. The predicted molar refractivity (Wildman–Crippen MR) is 104 cm³/mol. The SMILES string of the molecule is CC(=O)Nc1cccc(S(=O)(=O)NC(=O)Nc2ccc3ccccc3c2)c1. The van der Waals surface area contributed by atoms with Crippen molar-refractivity contribution in [1.82, 2.24) is 4.72 Å². The first kappa shape index (κ1) is 18.4. The topological polar surface area (TPSA) is 104 Å². The van der Waals surface area contributed by atoms with Gasteiger partial charge < -0.3 is 10.6 Å². The molecule has 0 aromatic heterocycles. The van der Waals surface area contributed by atoms with Crippen LogP contribution < -0.4 is 15.4 Å². The molecule has 3 N–H and O–H groups in total. The number of urea groups is 1. The molecule has 0 fully saturated rings. The van der Waals surface area contributed by atoms with E-state index in [0.717, 1.165) is 10.8 Å². The number of benzene rings is 3. The Morgan fingerprint density at radius 1 is 0.778 bits per heavy atom. The van der Waals surface area contributed by atoms with Gasteiger partial charge in [0.15, 0.2) is 0 Å². The van der Waals surface area contributed by atoms with Crippen molar-refractivity contribution in [2.45, 2.75) is 11.8 Å². The molecule has 3 aromatic rings. The van der Waals surface area contributed by atoms with Crippen LogP contribution in [0.15, 0.2) is 71.6 Å². The highest BCUT2D eigenvalue weighted by Gasteiger charge is 2.18. The summed E-state index contributed by atoms with van der Waals surface area (Å²) in [4.78, 5) is 23.1. The molecule has 0 saturated carbocycles. The highest BCUT2D eigenvalue weighted by molar-refractivity contribution is 7.90. The molecule has 0 heterocycles. The molecule has 138 valence electrons. The zero-order valence-electron chi connectivity index (χ0n) is 14.4. The van der Waals surface area contributed by atoms with Crippen LogP contribution in [0.3, 0.4) is 0 Å². The number of sulfonamides is 1. The second-order valence-electron chi connectivity index (χ2n) is 5.83. The van der Waals surface area contributed by atoms with Gasteiger partial charge in [0, 0.05) is 18.3 Å². The van der Waals surface area contributed by atoms with Crippen molar-refractivity contribution in [3.63, 3.8) is 0 Å². The van der Waals surface area contributed by atoms with E-state index in [2.05, 4.69) is 10.6 Å². The van der Waals surface area contributed by atoms with Gasteiger partial charge >= 0.3 is 6.03 Å². The minimum Gasteiger partial charge on any atom is -0.326 e. The average molecular weight is 383 g/mol. The Hall–Kier alpha value is -3.39. The summed E-state index contributed by atoms with van der Waals surface area (Å²) in [5, 5.41) is 6.93. The molecule has 0 spiro atoms. The lowest BCUT2D eigenvalue weighted by atomic mass is 10.1. The molecule has 27 heavy (non-hydrogen) atoms. The van der Waals surface area contributed by atoms with Crippen LogP contribution >= 0.6 is 0 Å². The molecule has 8 heteroatoms. The van der Waals surface area contributed by atoms with Gasteiger partial charge in [0.2, 0.25) is 5.91 Å². The summed E-state index contributed by atoms with van der Waals surface area (Å²) < 4.78 is 26.8. The average Bonchev–Trinajstić information content (AvgIpc) is 2.61. The highest BCUT2D eigenvalue weighted by Crippen LogP contribution is 2.19. The van der Waals surface area contributed by atoms with Gasteiger partial charge in [0.25, 0.3) is 10.0 Å². The molecule has 0 radical (unpaired) electrons. The molecule has 7 nitrogen and oxygen atoms in total. The lowest BCUT2D eigenvalue weighted by Crippen LogP contribution is -2.34. The van der Waals surface area contributed by atoms with Crippen LogP contribution in [0.4, 0.5) is 16.2 Å². The molecule has 3 aromatic carbocycles. The van der Waals surface area contributed by atoms with Crippen LogP contribution in [0.1, 0.15) is 6.92 Å². The largest absolute Gasteiger partial charge is 0.333 e. The van der Waals surface area contributed by atoms with Crippen molar-refractivity contribution in [3.05, 3.63) is 66.7 Å². The predicted octanol–water partition coefficient (Wildman–Crippen LogP) is 3.31. The van der Waals surface area contributed by atoms with Gasteiger partial charge in [-0.25, -0.2) is 17.9 Å².